The number of para-hydroxylation sites is 2. The average Bonchev–Trinajstić information content (AvgIpc) is 3.14. The summed E-state index contributed by atoms with van der Waals surface area (Å²) in [5.74, 6) is 0. The Bertz CT molecular complexity index is 2370. The van der Waals surface area contributed by atoms with Gasteiger partial charge < -0.3 is 0 Å². The topological polar surface area (TPSA) is 62.5 Å². The van der Waals surface area contributed by atoms with Crippen molar-refractivity contribution in [1.29, 1.82) is 5.26 Å². The Kier molecular flexibility index (Phi) is 6.83. The molecule has 0 amide bonds. The van der Waals surface area contributed by atoms with Crippen molar-refractivity contribution < 1.29 is 0 Å². The molecule has 0 saturated carbocycles. The number of nitrogens with zero attached hydrogens (tertiary/aromatic N) is 4. The number of fused-ring (bicyclic) bond motifs is 2. The van der Waals surface area contributed by atoms with E-state index in [4.69, 9.17) is 15.0 Å². The minimum Gasteiger partial charge on any atom is -0.248 e. The van der Waals surface area contributed by atoms with Gasteiger partial charge in [-0.05, 0) is 58.3 Å². The van der Waals surface area contributed by atoms with Crippen LogP contribution in [0.1, 0.15) is 5.56 Å². The standard InChI is InChI=1S/C42H26N4/c43-27-28-12-9-17-31(24-28)41-42(46-38-23-8-7-22-37(38)45-41)36-21-11-18-33-34(36)19-10-20-35(33)40-26-32(29-13-3-1-4-14-29)25-39(44-40)30-15-5-2-6-16-30/h1-26H. The van der Waals surface area contributed by atoms with Gasteiger partial charge in [0.25, 0.3) is 0 Å². The molecular formula is C42H26N4. The molecule has 0 N–H and O–H groups in total. The van der Waals surface area contributed by atoms with E-state index in [1.165, 1.54) is 0 Å². The first-order valence-corrected chi connectivity index (χ1v) is 15.2. The normalized spacial score (nSPS) is 11.0. The predicted molar refractivity (Wildman–Crippen MR) is 187 cm³/mol. The molecule has 2 aromatic heterocycles. The lowest BCUT2D eigenvalue weighted by Crippen LogP contribution is -1.97. The summed E-state index contributed by atoms with van der Waals surface area (Å²) in [5.41, 5.74) is 11.7. The second kappa shape index (κ2) is 11.6. The van der Waals surface area contributed by atoms with Crippen molar-refractivity contribution in [2.75, 3.05) is 0 Å². The van der Waals surface area contributed by atoms with Crippen LogP contribution in [0, 0.1) is 11.3 Å². The van der Waals surface area contributed by atoms with E-state index in [1.54, 1.807) is 0 Å². The summed E-state index contributed by atoms with van der Waals surface area (Å²) < 4.78 is 0. The maximum Gasteiger partial charge on any atom is 0.0991 e. The summed E-state index contributed by atoms with van der Waals surface area (Å²) >= 11 is 0. The molecule has 0 saturated heterocycles. The van der Waals surface area contributed by atoms with Crippen LogP contribution < -0.4 is 0 Å². The van der Waals surface area contributed by atoms with Crippen molar-refractivity contribution in [1.82, 2.24) is 15.0 Å². The molecule has 0 atom stereocenters. The minimum absolute atomic E-state index is 0.581. The lowest BCUT2D eigenvalue weighted by Gasteiger charge is -2.15. The maximum absolute atomic E-state index is 9.64. The Balaban J connectivity index is 1.37. The molecule has 8 rings (SSSR count). The third-order valence-corrected chi connectivity index (χ3v) is 8.29. The molecule has 0 fully saturated rings. The minimum atomic E-state index is 0.581. The highest BCUT2D eigenvalue weighted by Crippen LogP contribution is 2.39. The van der Waals surface area contributed by atoms with Gasteiger partial charge in [0, 0.05) is 22.3 Å². The second-order valence-corrected chi connectivity index (χ2v) is 11.2. The number of pyridine rings is 1. The number of hydrogen-bond donors (Lipinski definition) is 0. The fraction of sp³-hybridized carbons (Fsp3) is 0. The Morgan fingerprint density at radius 3 is 1.67 bits per heavy atom. The Hall–Kier alpha value is -6.44. The summed E-state index contributed by atoms with van der Waals surface area (Å²) in [6, 6.07) is 55.5. The summed E-state index contributed by atoms with van der Waals surface area (Å²) in [4.78, 5) is 15.5. The van der Waals surface area contributed by atoms with E-state index >= 15 is 0 Å². The Morgan fingerprint density at radius 1 is 0.391 bits per heavy atom. The van der Waals surface area contributed by atoms with Gasteiger partial charge in [0.2, 0.25) is 0 Å². The first kappa shape index (κ1) is 27.1. The number of benzene rings is 6. The van der Waals surface area contributed by atoms with Gasteiger partial charge in [-0.1, -0.05) is 121 Å². The number of hydrogen-bond acceptors (Lipinski definition) is 4. The average molecular weight is 587 g/mol. The molecule has 2 heterocycles. The molecule has 0 radical (unpaired) electrons. The number of aromatic nitrogens is 3. The maximum atomic E-state index is 9.64. The quantitative estimate of drug-likeness (QED) is 0.201. The number of nitriles is 1. The SMILES string of the molecule is N#Cc1cccc(-c2nc3ccccc3nc2-c2cccc3c(-c4cc(-c5ccccc5)cc(-c5ccccc5)n4)cccc23)c1. The second-order valence-electron chi connectivity index (χ2n) is 11.2. The monoisotopic (exact) mass is 586 g/mol. The van der Waals surface area contributed by atoms with E-state index < -0.39 is 0 Å². The zero-order valence-electron chi connectivity index (χ0n) is 24.8. The highest BCUT2D eigenvalue weighted by molar-refractivity contribution is 6.06. The molecule has 0 aliphatic heterocycles. The summed E-state index contributed by atoms with van der Waals surface area (Å²) in [5, 5.41) is 11.8. The fourth-order valence-corrected chi connectivity index (χ4v) is 6.09. The van der Waals surface area contributed by atoms with Crippen LogP contribution in [0.25, 0.3) is 78.0 Å². The van der Waals surface area contributed by atoms with Gasteiger partial charge in [0.15, 0.2) is 0 Å². The first-order valence-electron chi connectivity index (χ1n) is 15.2. The van der Waals surface area contributed by atoms with E-state index in [-0.39, 0.29) is 0 Å². The largest absolute Gasteiger partial charge is 0.248 e. The van der Waals surface area contributed by atoms with Crippen molar-refractivity contribution in [3.05, 3.63) is 163 Å². The van der Waals surface area contributed by atoms with Gasteiger partial charge >= 0.3 is 0 Å². The van der Waals surface area contributed by atoms with Crippen molar-refractivity contribution in [3.63, 3.8) is 0 Å². The van der Waals surface area contributed by atoms with E-state index in [0.29, 0.717) is 5.56 Å². The molecule has 6 aromatic carbocycles. The molecule has 4 heteroatoms. The van der Waals surface area contributed by atoms with Crippen LogP contribution >= 0.6 is 0 Å². The van der Waals surface area contributed by atoms with Crippen molar-refractivity contribution in [3.8, 4) is 62.2 Å². The highest BCUT2D eigenvalue weighted by Gasteiger charge is 2.18. The molecule has 0 aliphatic rings. The molecule has 4 nitrogen and oxygen atoms in total. The van der Waals surface area contributed by atoms with Crippen LogP contribution in [-0.4, -0.2) is 15.0 Å². The molecule has 0 spiro atoms. The van der Waals surface area contributed by atoms with E-state index in [1.807, 2.05) is 72.8 Å². The van der Waals surface area contributed by atoms with Gasteiger partial charge in [0.1, 0.15) is 0 Å². The first-order chi connectivity index (χ1) is 22.7. The molecular weight excluding hydrogens is 560 g/mol. The molecule has 46 heavy (non-hydrogen) atoms. The Labute approximate surface area is 266 Å². The van der Waals surface area contributed by atoms with Crippen LogP contribution in [0.4, 0.5) is 0 Å². The van der Waals surface area contributed by atoms with E-state index in [9.17, 15) is 5.26 Å². The third kappa shape index (κ3) is 4.96. The highest BCUT2D eigenvalue weighted by atomic mass is 14.8. The van der Waals surface area contributed by atoms with E-state index in [2.05, 4.69) is 91.0 Å². The third-order valence-electron chi connectivity index (χ3n) is 8.29. The lowest BCUT2D eigenvalue weighted by molar-refractivity contribution is 1.29. The molecule has 0 bridgehead atoms. The Morgan fingerprint density at radius 2 is 0.957 bits per heavy atom. The van der Waals surface area contributed by atoms with Crippen LogP contribution in [0.5, 0.6) is 0 Å². The van der Waals surface area contributed by atoms with Crippen molar-refractivity contribution in [2.45, 2.75) is 0 Å². The molecule has 214 valence electrons. The zero-order chi connectivity index (χ0) is 30.9. The summed E-state index contributed by atoms with van der Waals surface area (Å²) in [6.07, 6.45) is 0. The van der Waals surface area contributed by atoms with Crippen LogP contribution in [0.2, 0.25) is 0 Å². The van der Waals surface area contributed by atoms with Gasteiger partial charge in [-0.15, -0.1) is 0 Å². The summed E-state index contributed by atoms with van der Waals surface area (Å²) in [6.45, 7) is 0. The molecule has 8 aromatic rings. The van der Waals surface area contributed by atoms with Gasteiger partial charge in [-0.25, -0.2) is 15.0 Å². The lowest BCUT2D eigenvalue weighted by atomic mass is 9.93. The van der Waals surface area contributed by atoms with Gasteiger partial charge in [0.05, 0.1) is 45.4 Å². The number of rotatable bonds is 5. The molecule has 0 aliphatic carbocycles. The van der Waals surface area contributed by atoms with Crippen LogP contribution in [-0.2, 0) is 0 Å². The smallest absolute Gasteiger partial charge is 0.0991 e. The van der Waals surface area contributed by atoms with Crippen molar-refractivity contribution in [2.24, 2.45) is 0 Å². The molecule has 0 unspecified atom stereocenters. The van der Waals surface area contributed by atoms with Crippen LogP contribution in [0.3, 0.4) is 0 Å². The van der Waals surface area contributed by atoms with Crippen LogP contribution in [0.15, 0.2) is 158 Å². The summed E-state index contributed by atoms with van der Waals surface area (Å²) in [7, 11) is 0. The zero-order valence-corrected chi connectivity index (χ0v) is 24.8. The fourth-order valence-electron chi connectivity index (χ4n) is 6.09. The van der Waals surface area contributed by atoms with Gasteiger partial charge in [-0.3, -0.25) is 0 Å². The predicted octanol–water partition coefficient (Wildman–Crippen LogP) is 10.4. The van der Waals surface area contributed by atoms with Gasteiger partial charge in [-0.2, -0.15) is 5.26 Å². The van der Waals surface area contributed by atoms with E-state index in [0.717, 1.165) is 78.0 Å². The van der Waals surface area contributed by atoms with Crippen molar-refractivity contribution >= 4 is 21.8 Å².